The average Bonchev–Trinajstić information content (AvgIpc) is 3.10. The van der Waals surface area contributed by atoms with Gasteiger partial charge in [-0.15, -0.1) is 11.3 Å². The monoisotopic (exact) mass is 346 g/mol. The van der Waals surface area contributed by atoms with E-state index in [4.69, 9.17) is 4.74 Å². The number of urea groups is 1. The highest BCUT2D eigenvalue weighted by molar-refractivity contribution is 7.09. The quantitative estimate of drug-likeness (QED) is 0.873. The van der Waals surface area contributed by atoms with E-state index in [1.54, 1.807) is 18.4 Å². The first-order chi connectivity index (χ1) is 11.7. The minimum atomic E-state index is -0.183. The van der Waals surface area contributed by atoms with Gasteiger partial charge in [-0.1, -0.05) is 12.1 Å². The molecule has 24 heavy (non-hydrogen) atoms. The van der Waals surface area contributed by atoms with Gasteiger partial charge < -0.3 is 15.4 Å². The summed E-state index contributed by atoms with van der Waals surface area (Å²) in [5.41, 5.74) is 0.679. The first-order valence-electron chi connectivity index (χ1n) is 8.06. The van der Waals surface area contributed by atoms with Crippen molar-refractivity contribution >= 4 is 23.1 Å². The van der Waals surface area contributed by atoms with E-state index in [0.717, 1.165) is 37.5 Å². The second-order valence-electron chi connectivity index (χ2n) is 5.78. The average molecular weight is 346 g/mol. The zero-order valence-corrected chi connectivity index (χ0v) is 14.5. The lowest BCUT2D eigenvalue weighted by Crippen LogP contribution is -2.45. The molecule has 1 saturated heterocycles. The van der Waals surface area contributed by atoms with Gasteiger partial charge in [0.2, 0.25) is 0 Å². The van der Waals surface area contributed by atoms with Gasteiger partial charge in [0.25, 0.3) is 0 Å². The predicted molar refractivity (Wildman–Crippen MR) is 95.6 cm³/mol. The Morgan fingerprint density at radius 1 is 1.38 bits per heavy atom. The van der Waals surface area contributed by atoms with Crippen molar-refractivity contribution in [3.05, 3.63) is 40.8 Å². The minimum absolute atomic E-state index is 0.183. The van der Waals surface area contributed by atoms with Gasteiger partial charge in [-0.05, 0) is 25.0 Å². The number of nitrogens with one attached hydrogen (secondary N) is 2. The predicted octanol–water partition coefficient (Wildman–Crippen LogP) is 2.94. The smallest absolute Gasteiger partial charge is 0.319 e. The molecule has 1 aromatic heterocycles. The molecule has 0 radical (unpaired) electrons. The summed E-state index contributed by atoms with van der Waals surface area (Å²) in [7, 11) is 1.59. The molecule has 2 amide bonds. The SMILES string of the molecule is COc1ccccc1NC(=O)NC1CCN(Cc2nccs2)CC1. The molecule has 0 bridgehead atoms. The highest BCUT2D eigenvalue weighted by Gasteiger charge is 2.21. The Hall–Kier alpha value is -2.12. The third kappa shape index (κ3) is 4.46. The molecule has 0 atom stereocenters. The van der Waals surface area contributed by atoms with Crippen LogP contribution in [0.4, 0.5) is 10.5 Å². The maximum atomic E-state index is 12.2. The first-order valence-corrected chi connectivity index (χ1v) is 8.94. The topological polar surface area (TPSA) is 66.5 Å². The van der Waals surface area contributed by atoms with Crippen LogP contribution >= 0.6 is 11.3 Å². The third-order valence-corrected chi connectivity index (χ3v) is 4.88. The van der Waals surface area contributed by atoms with Gasteiger partial charge in [0.05, 0.1) is 19.3 Å². The van der Waals surface area contributed by atoms with E-state index in [9.17, 15) is 4.79 Å². The van der Waals surface area contributed by atoms with Crippen molar-refractivity contribution in [2.45, 2.75) is 25.4 Å². The van der Waals surface area contributed by atoms with Crippen molar-refractivity contribution in [2.24, 2.45) is 0 Å². The van der Waals surface area contributed by atoms with Crippen LogP contribution in [0.15, 0.2) is 35.8 Å². The Bertz CT molecular complexity index is 654. The number of carbonyl (C=O) groups excluding carboxylic acids is 1. The molecular weight excluding hydrogens is 324 g/mol. The molecule has 128 valence electrons. The summed E-state index contributed by atoms with van der Waals surface area (Å²) in [4.78, 5) is 18.9. The Morgan fingerprint density at radius 2 is 2.17 bits per heavy atom. The van der Waals surface area contributed by atoms with Crippen molar-refractivity contribution in [3.8, 4) is 5.75 Å². The van der Waals surface area contributed by atoms with E-state index in [-0.39, 0.29) is 12.1 Å². The molecule has 1 aliphatic heterocycles. The number of piperidine rings is 1. The number of ether oxygens (including phenoxy) is 1. The summed E-state index contributed by atoms with van der Waals surface area (Å²) in [6.07, 6.45) is 3.74. The summed E-state index contributed by atoms with van der Waals surface area (Å²) >= 11 is 1.69. The molecule has 6 nitrogen and oxygen atoms in total. The first kappa shape index (κ1) is 16.7. The maximum Gasteiger partial charge on any atom is 0.319 e. The summed E-state index contributed by atoms with van der Waals surface area (Å²) in [5.74, 6) is 0.658. The maximum absolute atomic E-state index is 12.2. The molecule has 2 heterocycles. The number of hydrogen-bond acceptors (Lipinski definition) is 5. The fourth-order valence-electron chi connectivity index (χ4n) is 2.85. The van der Waals surface area contributed by atoms with Crippen LogP contribution in [0, 0.1) is 0 Å². The van der Waals surface area contributed by atoms with Crippen LogP contribution in [0.5, 0.6) is 5.75 Å². The number of benzene rings is 1. The Labute approximate surface area is 145 Å². The standard InChI is InChI=1S/C17H22N4O2S/c1-23-15-5-3-2-4-14(15)20-17(22)19-13-6-9-21(10-7-13)12-16-18-8-11-24-16/h2-5,8,11,13H,6-7,9-10,12H2,1H3,(H2,19,20,22). The van der Waals surface area contributed by atoms with E-state index in [1.807, 2.05) is 35.8 Å². The number of rotatable bonds is 5. The molecule has 0 spiro atoms. The Kier molecular flexibility index (Phi) is 5.66. The third-order valence-electron chi connectivity index (χ3n) is 4.12. The van der Waals surface area contributed by atoms with Gasteiger partial charge >= 0.3 is 6.03 Å². The fourth-order valence-corrected chi connectivity index (χ4v) is 3.51. The lowest BCUT2D eigenvalue weighted by molar-refractivity contribution is 0.189. The molecule has 0 saturated carbocycles. The van der Waals surface area contributed by atoms with Crippen molar-refractivity contribution in [3.63, 3.8) is 0 Å². The highest BCUT2D eigenvalue weighted by atomic mass is 32.1. The van der Waals surface area contributed by atoms with Crippen LogP contribution < -0.4 is 15.4 Å². The van der Waals surface area contributed by atoms with Gasteiger partial charge in [-0.2, -0.15) is 0 Å². The number of carbonyl (C=O) groups is 1. The lowest BCUT2D eigenvalue weighted by Gasteiger charge is -2.31. The zero-order chi connectivity index (χ0) is 16.8. The van der Waals surface area contributed by atoms with Gasteiger partial charge in [-0.25, -0.2) is 9.78 Å². The number of nitrogens with zero attached hydrogens (tertiary/aromatic N) is 2. The summed E-state index contributed by atoms with van der Waals surface area (Å²) in [6, 6.07) is 7.42. The van der Waals surface area contributed by atoms with Crippen LogP contribution in [-0.2, 0) is 6.54 Å². The van der Waals surface area contributed by atoms with Crippen LogP contribution in [0.25, 0.3) is 0 Å². The normalized spacial score (nSPS) is 15.9. The zero-order valence-electron chi connectivity index (χ0n) is 13.7. The molecule has 2 N–H and O–H groups in total. The molecule has 7 heteroatoms. The number of aromatic nitrogens is 1. The van der Waals surface area contributed by atoms with Gasteiger partial charge in [0, 0.05) is 30.7 Å². The van der Waals surface area contributed by atoms with Crippen LogP contribution in [0.1, 0.15) is 17.8 Å². The van der Waals surface area contributed by atoms with Crippen molar-refractivity contribution in [2.75, 3.05) is 25.5 Å². The molecule has 1 aromatic carbocycles. The number of likely N-dealkylation sites (tertiary alicyclic amines) is 1. The number of anilines is 1. The number of amides is 2. The molecule has 1 fully saturated rings. The molecule has 2 aromatic rings. The van der Waals surface area contributed by atoms with E-state index >= 15 is 0 Å². The minimum Gasteiger partial charge on any atom is -0.495 e. The van der Waals surface area contributed by atoms with Gasteiger partial charge in [0.1, 0.15) is 10.8 Å². The second kappa shape index (κ2) is 8.12. The fraction of sp³-hybridized carbons (Fsp3) is 0.412. The molecule has 1 aliphatic rings. The molecule has 0 unspecified atom stereocenters. The number of hydrogen-bond donors (Lipinski definition) is 2. The second-order valence-corrected chi connectivity index (χ2v) is 6.75. The van der Waals surface area contributed by atoms with Crippen LogP contribution in [-0.4, -0.2) is 42.2 Å². The summed E-state index contributed by atoms with van der Waals surface area (Å²) < 4.78 is 5.25. The van der Waals surface area contributed by atoms with Crippen LogP contribution in [0.3, 0.4) is 0 Å². The van der Waals surface area contributed by atoms with E-state index in [1.165, 1.54) is 0 Å². The lowest BCUT2D eigenvalue weighted by atomic mass is 10.1. The summed E-state index contributed by atoms with van der Waals surface area (Å²) in [6.45, 7) is 2.84. The Morgan fingerprint density at radius 3 is 2.88 bits per heavy atom. The van der Waals surface area contributed by atoms with Crippen molar-refractivity contribution in [1.82, 2.24) is 15.2 Å². The van der Waals surface area contributed by atoms with E-state index in [0.29, 0.717) is 11.4 Å². The highest BCUT2D eigenvalue weighted by Crippen LogP contribution is 2.23. The molecule has 3 rings (SSSR count). The largest absolute Gasteiger partial charge is 0.495 e. The van der Waals surface area contributed by atoms with Gasteiger partial charge in [0.15, 0.2) is 0 Å². The van der Waals surface area contributed by atoms with E-state index in [2.05, 4.69) is 20.5 Å². The number of para-hydroxylation sites is 2. The summed E-state index contributed by atoms with van der Waals surface area (Å²) in [5, 5.41) is 9.07. The van der Waals surface area contributed by atoms with Gasteiger partial charge in [-0.3, -0.25) is 4.90 Å². The molecule has 0 aliphatic carbocycles. The number of methoxy groups -OCH3 is 1. The van der Waals surface area contributed by atoms with Crippen molar-refractivity contribution in [1.29, 1.82) is 0 Å². The molecular formula is C17H22N4O2S. The number of thiazole rings is 1. The Balaban J connectivity index is 1.44. The van der Waals surface area contributed by atoms with Crippen molar-refractivity contribution < 1.29 is 9.53 Å². The van der Waals surface area contributed by atoms with Crippen LogP contribution in [0.2, 0.25) is 0 Å². The van der Waals surface area contributed by atoms with E-state index < -0.39 is 0 Å².